The van der Waals surface area contributed by atoms with Gasteiger partial charge in [-0.2, -0.15) is 0 Å². The summed E-state index contributed by atoms with van der Waals surface area (Å²) in [5.41, 5.74) is 14.1. The SMILES string of the molecule is CN(C)c1cc(C(=O)NCc2ccc(C(=N)N)cc2OCC(N)=O)cc(N(C)C)c1. The van der Waals surface area contributed by atoms with Gasteiger partial charge >= 0.3 is 0 Å². The quantitative estimate of drug-likeness (QED) is 0.357. The predicted molar refractivity (Wildman–Crippen MR) is 118 cm³/mol. The zero-order valence-corrected chi connectivity index (χ0v) is 17.7. The number of primary amides is 1. The molecule has 9 heteroatoms. The van der Waals surface area contributed by atoms with Gasteiger partial charge < -0.3 is 31.3 Å². The fourth-order valence-electron chi connectivity index (χ4n) is 2.67. The monoisotopic (exact) mass is 412 g/mol. The maximum absolute atomic E-state index is 12.8. The zero-order chi connectivity index (χ0) is 22.4. The highest BCUT2D eigenvalue weighted by atomic mass is 16.5. The number of ether oxygens (including phenoxy) is 1. The Bertz CT molecular complexity index is 930. The first-order valence-corrected chi connectivity index (χ1v) is 9.25. The molecule has 0 heterocycles. The van der Waals surface area contributed by atoms with E-state index >= 15 is 0 Å². The molecule has 0 aliphatic carbocycles. The number of carbonyl (C=O) groups excluding carboxylic acids is 2. The summed E-state index contributed by atoms with van der Waals surface area (Å²) in [6, 6.07) is 10.5. The molecule has 0 unspecified atom stereocenters. The third-order valence-electron chi connectivity index (χ3n) is 4.39. The Hall–Kier alpha value is -3.75. The van der Waals surface area contributed by atoms with E-state index in [4.69, 9.17) is 21.6 Å². The normalized spacial score (nSPS) is 10.3. The number of benzene rings is 2. The second kappa shape index (κ2) is 9.64. The number of nitrogens with one attached hydrogen (secondary N) is 2. The first kappa shape index (κ1) is 22.5. The van der Waals surface area contributed by atoms with E-state index in [9.17, 15) is 9.59 Å². The summed E-state index contributed by atoms with van der Waals surface area (Å²) in [4.78, 5) is 27.7. The summed E-state index contributed by atoms with van der Waals surface area (Å²) in [5, 5.41) is 10.4. The number of nitrogens with zero attached hydrogens (tertiary/aromatic N) is 2. The zero-order valence-electron chi connectivity index (χ0n) is 17.7. The molecule has 0 spiro atoms. The van der Waals surface area contributed by atoms with Crippen molar-refractivity contribution in [3.05, 3.63) is 53.1 Å². The Kier molecular flexibility index (Phi) is 7.24. The molecule has 0 saturated heterocycles. The van der Waals surface area contributed by atoms with Crippen LogP contribution in [0.5, 0.6) is 5.75 Å². The Morgan fingerprint density at radius 3 is 2.07 bits per heavy atom. The number of nitrogens with two attached hydrogens (primary N) is 2. The molecule has 0 radical (unpaired) electrons. The summed E-state index contributed by atoms with van der Waals surface area (Å²) in [7, 11) is 7.65. The number of nitrogen functional groups attached to an aromatic ring is 1. The highest BCUT2D eigenvalue weighted by molar-refractivity contribution is 5.97. The van der Waals surface area contributed by atoms with Crippen molar-refractivity contribution < 1.29 is 14.3 Å². The van der Waals surface area contributed by atoms with Gasteiger partial charge in [-0.3, -0.25) is 15.0 Å². The van der Waals surface area contributed by atoms with Crippen molar-refractivity contribution in [2.45, 2.75) is 6.54 Å². The minimum absolute atomic E-state index is 0.133. The van der Waals surface area contributed by atoms with Crippen molar-refractivity contribution in [3.8, 4) is 5.75 Å². The fraction of sp³-hybridized carbons (Fsp3) is 0.286. The van der Waals surface area contributed by atoms with Crippen molar-refractivity contribution in [1.82, 2.24) is 5.32 Å². The number of amides is 2. The van der Waals surface area contributed by atoms with Crippen molar-refractivity contribution >= 4 is 29.0 Å². The molecule has 0 aliphatic rings. The van der Waals surface area contributed by atoms with Gasteiger partial charge in [-0.25, -0.2) is 0 Å². The standard InChI is InChI=1S/C21H28N6O3/c1-26(2)16-7-15(8-17(10-16)27(3)4)21(29)25-11-14-6-5-13(20(23)24)9-18(14)30-12-19(22)28/h5-10H,11-12H2,1-4H3,(H2,22,28)(H3,23,24)(H,25,29). The third-order valence-corrected chi connectivity index (χ3v) is 4.39. The van der Waals surface area contributed by atoms with Crippen molar-refractivity contribution in [2.24, 2.45) is 11.5 Å². The van der Waals surface area contributed by atoms with Crippen LogP contribution in [-0.4, -0.2) is 52.4 Å². The topological polar surface area (TPSA) is 138 Å². The number of carbonyl (C=O) groups is 2. The van der Waals surface area contributed by atoms with E-state index in [0.717, 1.165) is 11.4 Å². The van der Waals surface area contributed by atoms with E-state index in [1.807, 2.05) is 56.2 Å². The van der Waals surface area contributed by atoms with Crippen LogP contribution >= 0.6 is 0 Å². The molecule has 0 fully saturated rings. The maximum atomic E-state index is 12.8. The largest absolute Gasteiger partial charge is 0.483 e. The summed E-state index contributed by atoms with van der Waals surface area (Å²) >= 11 is 0. The number of rotatable bonds is 9. The molecule has 2 amide bonds. The van der Waals surface area contributed by atoms with Crippen LogP contribution in [0.3, 0.4) is 0 Å². The Labute approximate surface area is 176 Å². The Morgan fingerprint density at radius 1 is 0.967 bits per heavy atom. The van der Waals surface area contributed by atoms with Gasteiger partial charge in [0.1, 0.15) is 11.6 Å². The molecule has 0 saturated carbocycles. The second-order valence-electron chi connectivity index (χ2n) is 7.20. The lowest BCUT2D eigenvalue weighted by atomic mass is 10.1. The minimum atomic E-state index is -0.630. The molecule has 2 aromatic carbocycles. The van der Waals surface area contributed by atoms with E-state index in [1.54, 1.807) is 18.2 Å². The predicted octanol–water partition coefficient (Wildman–Crippen LogP) is 0.897. The Balaban J connectivity index is 2.24. The summed E-state index contributed by atoms with van der Waals surface area (Å²) < 4.78 is 5.44. The average molecular weight is 412 g/mol. The third kappa shape index (κ3) is 5.87. The smallest absolute Gasteiger partial charge is 0.255 e. The molecule has 30 heavy (non-hydrogen) atoms. The summed E-state index contributed by atoms with van der Waals surface area (Å²) in [5.74, 6) is -0.683. The molecular weight excluding hydrogens is 384 g/mol. The van der Waals surface area contributed by atoms with Crippen LogP contribution in [0.1, 0.15) is 21.5 Å². The number of hydrogen-bond donors (Lipinski definition) is 4. The molecule has 2 rings (SSSR count). The van der Waals surface area contributed by atoms with Gasteiger partial charge in [0, 0.05) is 62.8 Å². The van der Waals surface area contributed by atoms with Crippen molar-refractivity contribution in [2.75, 3.05) is 44.6 Å². The van der Waals surface area contributed by atoms with Gasteiger partial charge in [-0.05, 0) is 24.3 Å². The maximum Gasteiger partial charge on any atom is 0.255 e. The van der Waals surface area contributed by atoms with Crippen LogP contribution in [0.2, 0.25) is 0 Å². The van der Waals surface area contributed by atoms with E-state index in [2.05, 4.69) is 5.32 Å². The van der Waals surface area contributed by atoms with Gasteiger partial charge in [0.15, 0.2) is 6.61 Å². The molecule has 0 bridgehead atoms. The van der Waals surface area contributed by atoms with Gasteiger partial charge in [0.25, 0.3) is 11.8 Å². The molecule has 2 aromatic rings. The number of amidine groups is 1. The van der Waals surface area contributed by atoms with E-state index in [1.165, 1.54) is 0 Å². The van der Waals surface area contributed by atoms with Gasteiger partial charge in [0.2, 0.25) is 0 Å². The van der Waals surface area contributed by atoms with Crippen LogP contribution in [0.15, 0.2) is 36.4 Å². The highest BCUT2D eigenvalue weighted by Crippen LogP contribution is 2.24. The Morgan fingerprint density at radius 2 is 1.57 bits per heavy atom. The minimum Gasteiger partial charge on any atom is -0.483 e. The average Bonchev–Trinajstić information content (AvgIpc) is 2.69. The molecule has 9 nitrogen and oxygen atoms in total. The van der Waals surface area contributed by atoms with Crippen LogP contribution < -0.4 is 31.3 Å². The lowest BCUT2D eigenvalue weighted by Crippen LogP contribution is -2.25. The number of hydrogen-bond acceptors (Lipinski definition) is 6. The molecule has 0 aromatic heterocycles. The van der Waals surface area contributed by atoms with Crippen molar-refractivity contribution in [1.29, 1.82) is 5.41 Å². The van der Waals surface area contributed by atoms with Crippen LogP contribution in [0.4, 0.5) is 11.4 Å². The second-order valence-corrected chi connectivity index (χ2v) is 7.20. The fourth-order valence-corrected chi connectivity index (χ4v) is 2.67. The van der Waals surface area contributed by atoms with Crippen LogP contribution in [0, 0.1) is 5.41 Å². The first-order valence-electron chi connectivity index (χ1n) is 9.25. The number of anilines is 2. The molecular formula is C21H28N6O3. The van der Waals surface area contributed by atoms with E-state index in [-0.39, 0.29) is 24.9 Å². The van der Waals surface area contributed by atoms with Crippen LogP contribution in [-0.2, 0) is 11.3 Å². The first-order chi connectivity index (χ1) is 14.1. The molecule has 160 valence electrons. The van der Waals surface area contributed by atoms with Crippen LogP contribution in [0.25, 0.3) is 0 Å². The molecule has 0 aliphatic heterocycles. The lowest BCUT2D eigenvalue weighted by Gasteiger charge is -2.20. The highest BCUT2D eigenvalue weighted by Gasteiger charge is 2.13. The molecule has 0 atom stereocenters. The lowest BCUT2D eigenvalue weighted by molar-refractivity contribution is -0.119. The van der Waals surface area contributed by atoms with E-state index in [0.29, 0.717) is 22.4 Å². The van der Waals surface area contributed by atoms with Gasteiger partial charge in [-0.15, -0.1) is 0 Å². The molecule has 6 N–H and O–H groups in total. The van der Waals surface area contributed by atoms with Gasteiger partial charge in [0.05, 0.1) is 0 Å². The summed E-state index contributed by atoms with van der Waals surface area (Å²) in [6.07, 6.45) is 0. The summed E-state index contributed by atoms with van der Waals surface area (Å²) in [6.45, 7) is -0.159. The van der Waals surface area contributed by atoms with E-state index < -0.39 is 5.91 Å². The van der Waals surface area contributed by atoms with Gasteiger partial charge in [-0.1, -0.05) is 12.1 Å². The van der Waals surface area contributed by atoms with Crippen molar-refractivity contribution in [3.63, 3.8) is 0 Å².